The molecule has 15 heavy (non-hydrogen) atoms. The van der Waals surface area contributed by atoms with Gasteiger partial charge in [-0.2, -0.15) is 0 Å². The quantitative estimate of drug-likeness (QED) is 0.441. The summed E-state index contributed by atoms with van der Waals surface area (Å²) in [7, 11) is 0. The van der Waals surface area contributed by atoms with Crippen molar-refractivity contribution in [3.63, 3.8) is 0 Å². The van der Waals surface area contributed by atoms with Crippen molar-refractivity contribution in [3.8, 4) is 0 Å². The van der Waals surface area contributed by atoms with E-state index in [1.54, 1.807) is 4.44 Å². The minimum absolute atomic E-state index is 1.19. The number of hydrogen-bond acceptors (Lipinski definition) is 0. The Morgan fingerprint density at radius 1 is 1.13 bits per heavy atom. The standard InChI is InChI=1S/C8H13.5CH3.2Sn/c1-5-7(3)8(4)6-2;;;;;;;/h3H,4-6H2,1-2H3;5*1H3;;. The molecule has 0 aromatic carbocycles. The van der Waals surface area contributed by atoms with Gasteiger partial charge in [-0.3, -0.25) is 0 Å². The molecule has 0 aliphatic carbocycles. The third-order valence-corrected chi connectivity index (χ3v) is 50.7. The molecule has 2 heteroatoms. The molecule has 88 valence electrons. The molecule has 1 atom stereocenters. The monoisotopic (exact) mass is 424 g/mol. The Kier molecular flexibility index (Phi) is 4.71. The van der Waals surface area contributed by atoms with E-state index in [1.807, 2.05) is 11.1 Å². The molecule has 0 aromatic rings. The fraction of sp³-hybridized carbons (Fsp3) is 0.846. The van der Waals surface area contributed by atoms with E-state index in [1.165, 1.54) is 14.8 Å². The first-order valence-corrected chi connectivity index (χ1v) is 26.0. The van der Waals surface area contributed by atoms with E-state index in [9.17, 15) is 0 Å². The average molecular weight is 422 g/mol. The molecule has 0 bridgehead atoms. The van der Waals surface area contributed by atoms with E-state index >= 15 is 0 Å². The van der Waals surface area contributed by atoms with Crippen molar-refractivity contribution in [1.82, 2.24) is 0 Å². The SMILES string of the molecule is CCC1=C(CC)[CH]([Sn]([CH3])([CH3])[CH3])[Sn]([CH3])([CH3])[CH2]1. The molecular weight excluding hydrogens is 394 g/mol. The number of hydrogen-bond donors (Lipinski definition) is 0. The van der Waals surface area contributed by atoms with E-state index in [0.717, 1.165) is 0 Å². The van der Waals surface area contributed by atoms with Crippen LogP contribution in [0, 0.1) is 0 Å². The van der Waals surface area contributed by atoms with Gasteiger partial charge in [0.25, 0.3) is 0 Å². The van der Waals surface area contributed by atoms with Crippen LogP contribution < -0.4 is 0 Å². The molecule has 0 fully saturated rings. The van der Waals surface area contributed by atoms with Gasteiger partial charge in [-0.25, -0.2) is 0 Å². The van der Waals surface area contributed by atoms with Gasteiger partial charge in [0.05, 0.1) is 0 Å². The number of allylic oxidation sites excluding steroid dienone is 2. The van der Waals surface area contributed by atoms with Crippen LogP contribution in [-0.2, 0) is 0 Å². The van der Waals surface area contributed by atoms with Gasteiger partial charge in [-0.15, -0.1) is 0 Å². The van der Waals surface area contributed by atoms with Crippen LogP contribution in [0.25, 0.3) is 0 Å². The van der Waals surface area contributed by atoms with Crippen molar-refractivity contribution in [3.05, 3.63) is 11.1 Å². The van der Waals surface area contributed by atoms with Crippen LogP contribution in [0.3, 0.4) is 0 Å². The fourth-order valence-electron chi connectivity index (χ4n) is 3.94. The third kappa shape index (κ3) is 2.96. The molecule has 1 heterocycles. The topological polar surface area (TPSA) is 0 Å². The van der Waals surface area contributed by atoms with E-state index in [2.05, 4.69) is 38.5 Å². The summed E-state index contributed by atoms with van der Waals surface area (Å²) >= 11 is -3.45. The van der Waals surface area contributed by atoms with Gasteiger partial charge < -0.3 is 0 Å². The molecule has 0 N–H and O–H groups in total. The molecule has 0 saturated carbocycles. The van der Waals surface area contributed by atoms with Crippen LogP contribution in [0.15, 0.2) is 11.1 Å². The summed E-state index contributed by atoms with van der Waals surface area (Å²) in [6.45, 7) is 4.76. The first kappa shape index (κ1) is 14.4. The first-order chi connectivity index (χ1) is 6.74. The van der Waals surface area contributed by atoms with E-state index in [-0.39, 0.29) is 0 Å². The molecule has 0 radical (unpaired) electrons. The average Bonchev–Trinajstić information content (AvgIpc) is 2.34. The fourth-order valence-corrected chi connectivity index (χ4v) is 70.6. The van der Waals surface area contributed by atoms with Crippen molar-refractivity contribution >= 4 is 36.8 Å². The van der Waals surface area contributed by atoms with Gasteiger partial charge in [-0.05, 0) is 0 Å². The maximum absolute atomic E-state index is 2.71. The van der Waals surface area contributed by atoms with Gasteiger partial charge in [0.1, 0.15) is 0 Å². The van der Waals surface area contributed by atoms with Gasteiger partial charge in [0, 0.05) is 0 Å². The van der Waals surface area contributed by atoms with Crippen LogP contribution in [-0.4, -0.2) is 36.8 Å². The molecule has 0 nitrogen and oxygen atoms in total. The second kappa shape index (κ2) is 4.91. The van der Waals surface area contributed by atoms with Gasteiger partial charge >= 0.3 is 106 Å². The summed E-state index contributed by atoms with van der Waals surface area (Å²) in [6, 6.07) is 0. The summed E-state index contributed by atoms with van der Waals surface area (Å²) < 4.78 is 2.77. The maximum atomic E-state index is 2.71. The minimum atomic E-state index is -1.73. The molecule has 0 spiro atoms. The van der Waals surface area contributed by atoms with Crippen LogP contribution in [0.1, 0.15) is 26.7 Å². The van der Waals surface area contributed by atoms with Crippen molar-refractivity contribution in [2.24, 2.45) is 0 Å². The van der Waals surface area contributed by atoms with Crippen molar-refractivity contribution in [2.45, 2.75) is 57.8 Å². The van der Waals surface area contributed by atoms with E-state index in [4.69, 9.17) is 0 Å². The Labute approximate surface area is 105 Å². The van der Waals surface area contributed by atoms with Gasteiger partial charge in [0.2, 0.25) is 0 Å². The molecule has 0 aromatic heterocycles. The summed E-state index contributed by atoms with van der Waals surface area (Å²) in [5.41, 5.74) is 3.83. The van der Waals surface area contributed by atoms with Crippen LogP contribution in [0.2, 0.25) is 31.1 Å². The van der Waals surface area contributed by atoms with Crippen LogP contribution in [0.4, 0.5) is 0 Å². The Hall–Kier alpha value is 1.34. The molecule has 1 aliphatic rings. The zero-order valence-electron chi connectivity index (χ0n) is 11.7. The van der Waals surface area contributed by atoms with E-state index in [0.29, 0.717) is 0 Å². The molecule has 0 amide bonds. The third-order valence-electron chi connectivity index (χ3n) is 3.93. The molecule has 1 rings (SSSR count). The predicted octanol–water partition coefficient (Wildman–Crippen LogP) is 5.07. The number of rotatable bonds is 3. The Bertz CT molecular complexity index is 269. The second-order valence-corrected chi connectivity index (χ2v) is 40.7. The van der Waals surface area contributed by atoms with Gasteiger partial charge in [0.15, 0.2) is 0 Å². The van der Waals surface area contributed by atoms with Crippen LogP contribution in [0.5, 0.6) is 0 Å². The van der Waals surface area contributed by atoms with Crippen molar-refractivity contribution < 1.29 is 0 Å². The Balaban J connectivity index is 3.14. The Morgan fingerprint density at radius 3 is 2.00 bits per heavy atom. The van der Waals surface area contributed by atoms with Crippen molar-refractivity contribution in [2.75, 3.05) is 0 Å². The van der Waals surface area contributed by atoms with E-state index < -0.39 is 36.8 Å². The molecule has 0 saturated heterocycles. The van der Waals surface area contributed by atoms with Crippen molar-refractivity contribution in [1.29, 1.82) is 0 Å². The predicted molar refractivity (Wildman–Crippen MR) is 77.0 cm³/mol. The Morgan fingerprint density at radius 2 is 1.67 bits per heavy atom. The first-order valence-electron chi connectivity index (χ1n) is 6.44. The zero-order valence-corrected chi connectivity index (χ0v) is 17.4. The second-order valence-electron chi connectivity index (χ2n) is 6.80. The summed E-state index contributed by atoms with van der Waals surface area (Å²) in [5, 5.41) is 0. The molecule has 1 aliphatic heterocycles. The summed E-state index contributed by atoms with van der Waals surface area (Å²) in [6.07, 6.45) is 2.68. The summed E-state index contributed by atoms with van der Waals surface area (Å²) in [5.74, 6) is 0. The molecule has 1 unspecified atom stereocenters. The normalized spacial score (nSPS) is 26.2. The summed E-state index contributed by atoms with van der Waals surface area (Å²) in [4.78, 5) is 13.4. The van der Waals surface area contributed by atoms with Crippen LogP contribution >= 0.6 is 0 Å². The van der Waals surface area contributed by atoms with Gasteiger partial charge in [-0.1, -0.05) is 0 Å². The molecular formula is C13H28Sn2. The zero-order chi connectivity index (χ0) is 11.9.